The van der Waals surface area contributed by atoms with Crippen LogP contribution in [0.4, 0.5) is 0 Å². The zero-order valence-electron chi connectivity index (χ0n) is 7.18. The van der Waals surface area contributed by atoms with Gasteiger partial charge in [0.15, 0.2) is 0 Å². The molecule has 0 N–H and O–H groups in total. The summed E-state index contributed by atoms with van der Waals surface area (Å²) in [5.41, 5.74) is 0. The molecule has 1 aliphatic heterocycles. The van der Waals surface area contributed by atoms with E-state index in [-0.39, 0.29) is 10.8 Å². The summed E-state index contributed by atoms with van der Waals surface area (Å²) in [5, 5.41) is 0.391. The smallest absolute Gasteiger partial charge is 0.0654 e. The molecule has 1 nitrogen and oxygen atoms in total. The van der Waals surface area contributed by atoms with Crippen LogP contribution in [0.15, 0.2) is 0 Å². The monoisotopic (exact) mass is 207 g/mol. The molecule has 1 heterocycles. The largest absolute Gasteiger partial charge is 0.299 e. The van der Waals surface area contributed by atoms with Crippen molar-refractivity contribution in [3.8, 4) is 0 Å². The second-order valence-corrected chi connectivity index (χ2v) is 4.91. The van der Waals surface area contributed by atoms with Gasteiger partial charge >= 0.3 is 0 Å². The molecule has 70 valence electrons. The van der Waals surface area contributed by atoms with E-state index in [9.17, 15) is 0 Å². The molecule has 1 saturated carbocycles. The lowest BCUT2D eigenvalue weighted by molar-refractivity contribution is 0.249. The van der Waals surface area contributed by atoms with Crippen LogP contribution in [-0.2, 0) is 0 Å². The normalized spacial score (nSPS) is 44.0. The van der Waals surface area contributed by atoms with Crippen LogP contribution in [0.1, 0.15) is 25.7 Å². The van der Waals surface area contributed by atoms with E-state index in [4.69, 9.17) is 23.2 Å². The molecule has 3 unspecified atom stereocenters. The van der Waals surface area contributed by atoms with Crippen LogP contribution in [-0.4, -0.2) is 34.8 Å². The molecule has 0 aromatic carbocycles. The standard InChI is InChI=1S/C9H15Cl2N/c10-7-3-4-8(9(7)11)12-5-1-2-6-12/h7-9H,1-6H2. The van der Waals surface area contributed by atoms with Crippen molar-refractivity contribution in [2.75, 3.05) is 13.1 Å². The van der Waals surface area contributed by atoms with Crippen molar-refractivity contribution in [1.29, 1.82) is 0 Å². The van der Waals surface area contributed by atoms with Crippen LogP contribution in [0.5, 0.6) is 0 Å². The number of hydrogen-bond donors (Lipinski definition) is 0. The second kappa shape index (κ2) is 3.73. The van der Waals surface area contributed by atoms with E-state index in [1.165, 1.54) is 32.4 Å². The number of likely N-dealkylation sites (tertiary alicyclic amines) is 1. The van der Waals surface area contributed by atoms with E-state index in [0.29, 0.717) is 6.04 Å². The van der Waals surface area contributed by atoms with E-state index >= 15 is 0 Å². The van der Waals surface area contributed by atoms with Gasteiger partial charge in [0.2, 0.25) is 0 Å². The molecule has 2 aliphatic rings. The predicted octanol–water partition coefficient (Wildman–Crippen LogP) is 2.46. The highest BCUT2D eigenvalue weighted by Gasteiger charge is 2.37. The third-order valence-electron chi connectivity index (χ3n) is 3.06. The molecule has 0 aromatic rings. The molecule has 0 spiro atoms. The lowest BCUT2D eigenvalue weighted by Gasteiger charge is -2.26. The lowest BCUT2D eigenvalue weighted by Crippen LogP contribution is -2.37. The van der Waals surface area contributed by atoms with Crippen molar-refractivity contribution in [1.82, 2.24) is 4.90 Å². The summed E-state index contributed by atoms with van der Waals surface area (Å²) in [6.45, 7) is 2.47. The summed E-state index contributed by atoms with van der Waals surface area (Å²) in [6, 6.07) is 0.566. The molecule has 2 rings (SSSR count). The maximum absolute atomic E-state index is 6.24. The highest BCUT2D eigenvalue weighted by Crippen LogP contribution is 2.34. The van der Waals surface area contributed by atoms with E-state index in [1.807, 2.05) is 0 Å². The van der Waals surface area contributed by atoms with Crippen LogP contribution in [0, 0.1) is 0 Å². The van der Waals surface area contributed by atoms with E-state index in [1.54, 1.807) is 0 Å². The third kappa shape index (κ3) is 1.59. The van der Waals surface area contributed by atoms with Crippen molar-refractivity contribution >= 4 is 23.2 Å². The van der Waals surface area contributed by atoms with Crippen molar-refractivity contribution in [3.63, 3.8) is 0 Å². The van der Waals surface area contributed by atoms with Crippen molar-refractivity contribution in [2.24, 2.45) is 0 Å². The van der Waals surface area contributed by atoms with Crippen LogP contribution < -0.4 is 0 Å². The zero-order chi connectivity index (χ0) is 8.55. The third-order valence-corrected chi connectivity index (χ3v) is 4.27. The zero-order valence-corrected chi connectivity index (χ0v) is 8.69. The lowest BCUT2D eigenvalue weighted by atomic mass is 10.2. The summed E-state index contributed by atoms with van der Waals surface area (Å²) in [4.78, 5) is 2.51. The highest BCUT2D eigenvalue weighted by molar-refractivity contribution is 6.30. The first-order valence-electron chi connectivity index (χ1n) is 4.81. The number of alkyl halides is 2. The average molecular weight is 208 g/mol. The fourth-order valence-corrected chi connectivity index (χ4v) is 3.05. The molecule has 1 aliphatic carbocycles. The van der Waals surface area contributed by atoms with Crippen molar-refractivity contribution in [2.45, 2.75) is 42.5 Å². The molecule has 3 heteroatoms. The number of hydrogen-bond acceptors (Lipinski definition) is 1. The van der Waals surface area contributed by atoms with Gasteiger partial charge in [0.25, 0.3) is 0 Å². The Bertz CT molecular complexity index is 157. The molecule has 12 heavy (non-hydrogen) atoms. The van der Waals surface area contributed by atoms with Gasteiger partial charge in [-0.15, -0.1) is 23.2 Å². The van der Waals surface area contributed by atoms with Gasteiger partial charge in [-0.3, -0.25) is 4.90 Å². The molecular formula is C9H15Cl2N. The molecule has 0 amide bonds. The summed E-state index contributed by atoms with van der Waals surface area (Å²) >= 11 is 12.3. The Morgan fingerprint density at radius 1 is 1.00 bits per heavy atom. The maximum atomic E-state index is 6.24. The molecule has 0 radical (unpaired) electrons. The van der Waals surface area contributed by atoms with Crippen LogP contribution >= 0.6 is 23.2 Å². The summed E-state index contributed by atoms with van der Waals surface area (Å²) < 4.78 is 0. The SMILES string of the molecule is ClC1CCC(N2CCCC2)C1Cl. The van der Waals surface area contributed by atoms with Crippen molar-refractivity contribution < 1.29 is 0 Å². The van der Waals surface area contributed by atoms with Gasteiger partial charge in [-0.2, -0.15) is 0 Å². The topological polar surface area (TPSA) is 3.24 Å². The van der Waals surface area contributed by atoms with Crippen LogP contribution in [0.2, 0.25) is 0 Å². The van der Waals surface area contributed by atoms with E-state index < -0.39 is 0 Å². The second-order valence-electron chi connectivity index (χ2n) is 3.85. The van der Waals surface area contributed by atoms with Gasteiger partial charge in [0, 0.05) is 6.04 Å². The van der Waals surface area contributed by atoms with Gasteiger partial charge in [0.05, 0.1) is 10.8 Å². The Hall–Kier alpha value is 0.540. The summed E-state index contributed by atoms with van der Waals surface area (Å²) in [5.74, 6) is 0. The van der Waals surface area contributed by atoms with Gasteiger partial charge in [-0.1, -0.05) is 0 Å². The van der Waals surface area contributed by atoms with Gasteiger partial charge in [-0.05, 0) is 38.8 Å². The Morgan fingerprint density at radius 3 is 2.17 bits per heavy atom. The number of halogens is 2. The van der Waals surface area contributed by atoms with Gasteiger partial charge in [0.1, 0.15) is 0 Å². The molecule has 2 fully saturated rings. The highest BCUT2D eigenvalue weighted by atomic mass is 35.5. The Balaban J connectivity index is 1.95. The molecule has 1 saturated heterocycles. The summed E-state index contributed by atoms with van der Waals surface area (Å²) in [6.07, 6.45) is 4.97. The fourth-order valence-electron chi connectivity index (χ4n) is 2.35. The van der Waals surface area contributed by atoms with Crippen LogP contribution in [0.3, 0.4) is 0 Å². The van der Waals surface area contributed by atoms with Gasteiger partial charge in [-0.25, -0.2) is 0 Å². The van der Waals surface area contributed by atoms with E-state index in [2.05, 4.69) is 4.90 Å². The Labute approximate surface area is 84.0 Å². The Kier molecular flexibility index (Phi) is 2.83. The number of nitrogens with zero attached hydrogens (tertiary/aromatic N) is 1. The minimum absolute atomic E-state index is 0.185. The first kappa shape index (κ1) is 9.11. The molecule has 0 bridgehead atoms. The van der Waals surface area contributed by atoms with E-state index in [0.717, 1.165) is 6.42 Å². The molecular weight excluding hydrogens is 193 g/mol. The predicted molar refractivity (Wildman–Crippen MR) is 53.1 cm³/mol. The molecule has 0 aromatic heterocycles. The fraction of sp³-hybridized carbons (Fsp3) is 1.00. The van der Waals surface area contributed by atoms with Gasteiger partial charge < -0.3 is 0 Å². The minimum Gasteiger partial charge on any atom is -0.299 e. The number of rotatable bonds is 1. The maximum Gasteiger partial charge on any atom is 0.0654 e. The van der Waals surface area contributed by atoms with Crippen molar-refractivity contribution in [3.05, 3.63) is 0 Å². The average Bonchev–Trinajstić information content (AvgIpc) is 2.64. The minimum atomic E-state index is 0.185. The molecule has 3 atom stereocenters. The quantitative estimate of drug-likeness (QED) is 0.598. The first-order valence-corrected chi connectivity index (χ1v) is 5.68. The Morgan fingerprint density at radius 2 is 1.67 bits per heavy atom. The van der Waals surface area contributed by atoms with Crippen LogP contribution in [0.25, 0.3) is 0 Å². The summed E-state index contributed by atoms with van der Waals surface area (Å²) in [7, 11) is 0. The first-order chi connectivity index (χ1) is 5.79.